The molecule has 1 aliphatic heterocycles. The Morgan fingerprint density at radius 2 is 1.80 bits per heavy atom. The van der Waals surface area contributed by atoms with E-state index < -0.39 is 4.92 Å². The molecule has 0 saturated carbocycles. The van der Waals surface area contributed by atoms with Gasteiger partial charge in [0.1, 0.15) is 0 Å². The molecule has 0 spiro atoms. The van der Waals surface area contributed by atoms with Gasteiger partial charge >= 0.3 is 0 Å². The normalized spacial score (nSPS) is 12.6. The molecule has 0 fully saturated rings. The predicted molar refractivity (Wildman–Crippen MR) is 87.9 cm³/mol. The lowest BCUT2D eigenvalue weighted by Crippen LogP contribution is -1.92. The van der Waals surface area contributed by atoms with E-state index in [-0.39, 0.29) is 12.5 Å². The van der Waals surface area contributed by atoms with Crippen molar-refractivity contribution in [2.75, 3.05) is 6.79 Å². The van der Waals surface area contributed by atoms with E-state index in [9.17, 15) is 10.1 Å². The zero-order valence-electron chi connectivity index (χ0n) is 12.8. The highest BCUT2D eigenvalue weighted by Gasteiger charge is 2.13. The third-order valence-electron chi connectivity index (χ3n) is 3.58. The van der Waals surface area contributed by atoms with Crippen LogP contribution in [0.5, 0.6) is 11.5 Å². The van der Waals surface area contributed by atoms with Crippen molar-refractivity contribution in [2.45, 2.75) is 0 Å². The summed E-state index contributed by atoms with van der Waals surface area (Å²) in [5.41, 5.74) is 1.52. The molecule has 2 aromatic carbocycles. The molecule has 0 amide bonds. The minimum atomic E-state index is -0.461. The van der Waals surface area contributed by atoms with Gasteiger partial charge in [-0.05, 0) is 35.9 Å². The number of hydrogen-bond acceptors (Lipinski definition) is 7. The van der Waals surface area contributed by atoms with E-state index in [2.05, 4.69) is 10.2 Å². The molecule has 0 saturated heterocycles. The van der Waals surface area contributed by atoms with Crippen molar-refractivity contribution in [1.82, 2.24) is 10.2 Å². The lowest BCUT2D eigenvalue weighted by atomic mass is 10.2. The Kier molecular flexibility index (Phi) is 3.62. The fourth-order valence-electron chi connectivity index (χ4n) is 2.33. The summed E-state index contributed by atoms with van der Waals surface area (Å²) in [4.78, 5) is 10.2. The first-order valence-electron chi connectivity index (χ1n) is 7.35. The van der Waals surface area contributed by atoms with Gasteiger partial charge in [-0.1, -0.05) is 6.07 Å². The second-order valence-electron chi connectivity index (χ2n) is 5.20. The van der Waals surface area contributed by atoms with Gasteiger partial charge in [0.2, 0.25) is 18.6 Å². The highest BCUT2D eigenvalue weighted by molar-refractivity contribution is 5.68. The number of aromatic nitrogens is 2. The summed E-state index contributed by atoms with van der Waals surface area (Å²) in [6, 6.07) is 11.5. The van der Waals surface area contributed by atoms with Crippen LogP contribution in [0.1, 0.15) is 11.5 Å². The van der Waals surface area contributed by atoms with Gasteiger partial charge in [0.25, 0.3) is 5.69 Å². The average molecular weight is 337 g/mol. The number of nitro groups is 1. The fraction of sp³-hybridized carbons (Fsp3) is 0.0588. The van der Waals surface area contributed by atoms with E-state index in [0.717, 1.165) is 11.3 Å². The van der Waals surface area contributed by atoms with Crippen LogP contribution in [-0.4, -0.2) is 21.9 Å². The first-order valence-corrected chi connectivity index (χ1v) is 7.35. The van der Waals surface area contributed by atoms with Crippen LogP contribution in [0.2, 0.25) is 0 Å². The van der Waals surface area contributed by atoms with Crippen LogP contribution >= 0.6 is 0 Å². The molecule has 1 aliphatic rings. The van der Waals surface area contributed by atoms with E-state index in [1.54, 1.807) is 18.2 Å². The van der Waals surface area contributed by atoms with E-state index >= 15 is 0 Å². The minimum Gasteiger partial charge on any atom is -0.454 e. The highest BCUT2D eigenvalue weighted by Crippen LogP contribution is 2.33. The first-order chi connectivity index (χ1) is 12.2. The van der Waals surface area contributed by atoms with Crippen molar-refractivity contribution in [3.8, 4) is 23.0 Å². The van der Waals surface area contributed by atoms with Crippen molar-refractivity contribution in [2.24, 2.45) is 0 Å². The van der Waals surface area contributed by atoms with Crippen LogP contribution in [0.15, 0.2) is 46.9 Å². The number of ether oxygens (including phenoxy) is 2. The predicted octanol–water partition coefficient (Wildman–Crippen LogP) is 3.54. The van der Waals surface area contributed by atoms with Crippen LogP contribution in [0.25, 0.3) is 23.6 Å². The third kappa shape index (κ3) is 3.05. The number of hydrogen-bond donors (Lipinski definition) is 0. The second kappa shape index (κ2) is 6.08. The van der Waals surface area contributed by atoms with Crippen LogP contribution in [0.4, 0.5) is 5.69 Å². The summed E-state index contributed by atoms with van der Waals surface area (Å²) < 4.78 is 16.1. The van der Waals surface area contributed by atoms with Gasteiger partial charge in [0, 0.05) is 23.8 Å². The Morgan fingerprint density at radius 3 is 2.60 bits per heavy atom. The largest absolute Gasteiger partial charge is 0.454 e. The highest BCUT2D eigenvalue weighted by atomic mass is 16.7. The quantitative estimate of drug-likeness (QED) is 0.530. The minimum absolute atomic E-state index is 0.00573. The molecule has 8 nitrogen and oxygen atoms in total. The standard InChI is InChI=1S/C17H11N3O5/c21-20(22)13-5-3-12(4-6-13)17-19-18-16(25-17)8-2-11-1-7-14-15(9-11)24-10-23-14/h1-9H,10H2/b8-2+. The SMILES string of the molecule is O=[N+]([O-])c1ccc(-c2nnc(/C=C/c3ccc4c(c3)OCO4)o2)cc1. The molecule has 3 aromatic rings. The van der Waals surface area contributed by atoms with Gasteiger partial charge in [-0.25, -0.2) is 0 Å². The van der Waals surface area contributed by atoms with Crippen LogP contribution in [0.3, 0.4) is 0 Å². The summed E-state index contributed by atoms with van der Waals surface area (Å²) >= 11 is 0. The van der Waals surface area contributed by atoms with Gasteiger partial charge in [-0.3, -0.25) is 10.1 Å². The molecule has 1 aromatic heterocycles. The maximum absolute atomic E-state index is 10.7. The molecule has 25 heavy (non-hydrogen) atoms. The van der Waals surface area contributed by atoms with Crippen LogP contribution in [0, 0.1) is 10.1 Å². The Morgan fingerprint density at radius 1 is 1.00 bits per heavy atom. The zero-order valence-corrected chi connectivity index (χ0v) is 12.8. The number of benzene rings is 2. The van der Waals surface area contributed by atoms with Gasteiger partial charge in [0.05, 0.1) is 4.92 Å². The lowest BCUT2D eigenvalue weighted by Gasteiger charge is -1.96. The lowest BCUT2D eigenvalue weighted by molar-refractivity contribution is -0.384. The maximum atomic E-state index is 10.7. The number of nitrogens with zero attached hydrogens (tertiary/aromatic N) is 3. The number of non-ortho nitro benzene ring substituents is 1. The van der Waals surface area contributed by atoms with Crippen molar-refractivity contribution in [3.05, 3.63) is 64.0 Å². The van der Waals surface area contributed by atoms with Gasteiger partial charge in [0.15, 0.2) is 11.5 Å². The van der Waals surface area contributed by atoms with Crippen molar-refractivity contribution >= 4 is 17.8 Å². The summed E-state index contributed by atoms with van der Waals surface area (Å²) in [7, 11) is 0. The summed E-state index contributed by atoms with van der Waals surface area (Å²) in [5.74, 6) is 2.03. The number of fused-ring (bicyclic) bond motifs is 1. The number of nitro benzene ring substituents is 1. The molecule has 124 valence electrons. The first kappa shape index (κ1) is 14.9. The molecule has 0 unspecified atom stereocenters. The van der Waals surface area contributed by atoms with Gasteiger partial charge < -0.3 is 13.9 Å². The van der Waals surface area contributed by atoms with Gasteiger partial charge in [-0.15, -0.1) is 10.2 Å². The molecular weight excluding hydrogens is 326 g/mol. The zero-order chi connectivity index (χ0) is 17.2. The van der Waals surface area contributed by atoms with Crippen molar-refractivity contribution in [3.63, 3.8) is 0 Å². The molecule has 0 aliphatic carbocycles. The van der Waals surface area contributed by atoms with Crippen LogP contribution in [-0.2, 0) is 0 Å². The Hall–Kier alpha value is -3.68. The molecule has 8 heteroatoms. The molecular formula is C17H11N3O5. The molecule has 2 heterocycles. The van der Waals surface area contributed by atoms with E-state index in [1.165, 1.54) is 12.1 Å². The van der Waals surface area contributed by atoms with Gasteiger partial charge in [-0.2, -0.15) is 0 Å². The van der Waals surface area contributed by atoms with Crippen molar-refractivity contribution < 1.29 is 18.8 Å². The topological polar surface area (TPSA) is 101 Å². The molecule has 0 N–H and O–H groups in total. The average Bonchev–Trinajstić information content (AvgIpc) is 3.29. The Bertz CT molecular complexity index is 963. The Balaban J connectivity index is 1.52. The van der Waals surface area contributed by atoms with E-state index in [0.29, 0.717) is 23.1 Å². The summed E-state index contributed by atoms with van der Waals surface area (Å²) in [6.07, 6.45) is 3.49. The molecule has 4 rings (SSSR count). The van der Waals surface area contributed by atoms with E-state index in [4.69, 9.17) is 13.9 Å². The summed E-state index contributed by atoms with van der Waals surface area (Å²) in [5, 5.41) is 18.6. The van der Waals surface area contributed by atoms with Crippen molar-refractivity contribution in [1.29, 1.82) is 0 Å². The molecule has 0 radical (unpaired) electrons. The Labute approximate surface area is 141 Å². The molecule has 0 atom stereocenters. The maximum Gasteiger partial charge on any atom is 0.269 e. The van der Waals surface area contributed by atoms with E-state index in [1.807, 2.05) is 24.3 Å². The molecule has 0 bridgehead atoms. The smallest absolute Gasteiger partial charge is 0.269 e. The van der Waals surface area contributed by atoms with Crippen LogP contribution < -0.4 is 9.47 Å². The monoisotopic (exact) mass is 337 g/mol. The second-order valence-corrected chi connectivity index (χ2v) is 5.20. The fourth-order valence-corrected chi connectivity index (χ4v) is 2.33. The third-order valence-corrected chi connectivity index (χ3v) is 3.58. The summed E-state index contributed by atoms with van der Waals surface area (Å²) in [6.45, 7) is 0.227. The number of rotatable bonds is 4.